The fourth-order valence-corrected chi connectivity index (χ4v) is 8.54. The number of hydrogen-bond acceptors (Lipinski definition) is 12. The van der Waals surface area contributed by atoms with Crippen LogP contribution in [0.4, 0.5) is 5.82 Å². The van der Waals surface area contributed by atoms with Crippen LogP contribution in [0.2, 0.25) is 0 Å². The van der Waals surface area contributed by atoms with Crippen molar-refractivity contribution < 1.29 is 22.7 Å². The van der Waals surface area contributed by atoms with Crippen LogP contribution in [0.5, 0.6) is 11.5 Å². The Morgan fingerprint density at radius 1 is 0.938 bits per heavy atom. The molecule has 0 bridgehead atoms. The summed E-state index contributed by atoms with van der Waals surface area (Å²) in [5.74, 6) is 0.570. The minimum absolute atomic E-state index is 0.0598. The molecular weight excluding hydrogens is 671 g/mol. The third-order valence-corrected chi connectivity index (χ3v) is 11.6. The second-order valence-corrected chi connectivity index (χ2v) is 15.2. The normalized spacial score (nSPS) is 17.0. The lowest BCUT2D eigenvalue weighted by atomic mass is 10.1. The van der Waals surface area contributed by atoms with Crippen molar-refractivity contribution in [2.75, 3.05) is 30.7 Å². The summed E-state index contributed by atoms with van der Waals surface area (Å²) >= 11 is 2.89. The number of anilines is 1. The third kappa shape index (κ3) is 7.05. The molecule has 2 amide bonds. The number of sulfonamides is 1. The van der Waals surface area contributed by atoms with Crippen molar-refractivity contribution >= 4 is 51.4 Å². The summed E-state index contributed by atoms with van der Waals surface area (Å²) in [7, 11) is -3.67. The number of benzene rings is 2. The molecule has 0 unspecified atom stereocenters. The van der Waals surface area contributed by atoms with Crippen LogP contribution >= 0.6 is 23.7 Å². The monoisotopic (exact) mass is 701 g/mol. The Hall–Kier alpha value is -4.41. The minimum Gasteiger partial charge on any atom is -0.453 e. The van der Waals surface area contributed by atoms with E-state index in [1.807, 2.05) is 65.8 Å². The summed E-state index contributed by atoms with van der Waals surface area (Å²) in [4.78, 5) is 39.6. The first-order chi connectivity index (χ1) is 23.3. The highest BCUT2D eigenvalue weighted by molar-refractivity contribution is 8.01. The number of aromatic nitrogens is 2. The van der Waals surface area contributed by atoms with Gasteiger partial charge in [-0.1, -0.05) is 48.2 Å². The smallest absolute Gasteiger partial charge is 0.261 e. The minimum atomic E-state index is -3.67. The number of nitrogens with one attached hydrogen (secondary N) is 2. The largest absolute Gasteiger partial charge is 0.453 e. The van der Waals surface area contributed by atoms with Gasteiger partial charge in [-0.05, 0) is 61.2 Å². The van der Waals surface area contributed by atoms with Gasteiger partial charge in [0.1, 0.15) is 15.8 Å². The molecule has 4 aromatic rings. The van der Waals surface area contributed by atoms with E-state index in [2.05, 4.69) is 20.1 Å². The van der Waals surface area contributed by atoms with Gasteiger partial charge >= 0.3 is 0 Å². The zero-order valence-corrected chi connectivity index (χ0v) is 28.0. The van der Waals surface area contributed by atoms with Crippen LogP contribution in [0.25, 0.3) is 0 Å². The number of hydrazine groups is 1. The highest BCUT2D eigenvalue weighted by atomic mass is 32.2. The van der Waals surface area contributed by atoms with Gasteiger partial charge in [0.05, 0.1) is 16.9 Å². The number of pyridine rings is 2. The quantitative estimate of drug-likeness (QED) is 0.157. The number of nitrogens with zero attached hydrogens (tertiary/aromatic N) is 5. The average molecular weight is 702 g/mol. The number of rotatable bonds is 11. The molecule has 1 fully saturated rings. The molecule has 0 atom stereocenters. The van der Waals surface area contributed by atoms with Crippen LogP contribution in [0.1, 0.15) is 33.6 Å². The molecule has 3 aliphatic rings. The van der Waals surface area contributed by atoms with E-state index >= 15 is 0 Å². The molecule has 3 aliphatic heterocycles. The second-order valence-electron chi connectivity index (χ2n) is 11.2. The Kier molecular flexibility index (Phi) is 9.36. The topological polar surface area (TPSA) is 137 Å². The van der Waals surface area contributed by atoms with Crippen LogP contribution in [-0.2, 0) is 10.0 Å². The summed E-state index contributed by atoms with van der Waals surface area (Å²) in [5.41, 5.74) is 0.622. The van der Waals surface area contributed by atoms with Gasteiger partial charge in [-0.2, -0.15) is 4.83 Å². The van der Waals surface area contributed by atoms with Crippen LogP contribution < -0.4 is 14.9 Å². The Bertz CT molecular complexity index is 1920. The molecule has 1 saturated heterocycles. The van der Waals surface area contributed by atoms with Crippen LogP contribution in [-0.4, -0.2) is 75.8 Å². The highest BCUT2D eigenvalue weighted by Crippen LogP contribution is 2.37. The fourth-order valence-electron chi connectivity index (χ4n) is 5.61. The number of imide groups is 1. The van der Waals surface area contributed by atoms with Gasteiger partial charge in [-0.25, -0.2) is 22.7 Å². The lowest BCUT2D eigenvalue weighted by Gasteiger charge is -2.35. The summed E-state index contributed by atoms with van der Waals surface area (Å²) in [5, 5.41) is 7.01. The first kappa shape index (κ1) is 32.2. The summed E-state index contributed by atoms with van der Waals surface area (Å²) < 4.78 is 34.1. The van der Waals surface area contributed by atoms with Gasteiger partial charge in [0.2, 0.25) is 10.0 Å². The fraction of sp³-hybridized carbons (Fsp3) is 0.212. The van der Waals surface area contributed by atoms with Gasteiger partial charge in [-0.3, -0.25) is 19.5 Å². The molecule has 7 rings (SSSR count). The number of ether oxygens (including phenoxy) is 1. The van der Waals surface area contributed by atoms with Gasteiger partial charge in [0.25, 0.3) is 11.8 Å². The third-order valence-electron chi connectivity index (χ3n) is 8.08. The molecule has 48 heavy (non-hydrogen) atoms. The molecule has 246 valence electrons. The molecule has 2 N–H and O–H groups in total. The number of hydrogen-bond donors (Lipinski definition) is 2. The number of carbonyl (C=O) groups excluding carboxylic acids is 2. The van der Waals surface area contributed by atoms with Crippen molar-refractivity contribution in [3.63, 3.8) is 0 Å². The van der Waals surface area contributed by atoms with Crippen LogP contribution in [0.15, 0.2) is 112 Å². The Morgan fingerprint density at radius 3 is 2.35 bits per heavy atom. The molecule has 0 aliphatic carbocycles. The zero-order chi connectivity index (χ0) is 33.1. The summed E-state index contributed by atoms with van der Waals surface area (Å²) in [6, 6.07) is 23.8. The van der Waals surface area contributed by atoms with E-state index in [4.69, 9.17) is 4.74 Å². The van der Waals surface area contributed by atoms with E-state index in [-0.39, 0.29) is 18.3 Å². The molecular formula is C33H31N7O5S3. The van der Waals surface area contributed by atoms with E-state index in [0.29, 0.717) is 54.4 Å². The first-order valence-electron chi connectivity index (χ1n) is 15.3. The first-order valence-corrected chi connectivity index (χ1v) is 18.5. The Balaban J connectivity index is 0.965. The SMILES string of the molecule is O=C1c2ccccc2C(=O)N1CCS(=O)(=O)N1CCC(N2C=C(Nc3ncc(Sc4ccccn4)cc3Oc3ccccc3)SN2)CC1. The van der Waals surface area contributed by atoms with Gasteiger partial charge in [-0.15, -0.1) is 0 Å². The van der Waals surface area contributed by atoms with Crippen molar-refractivity contribution in [1.29, 1.82) is 0 Å². The zero-order valence-electron chi connectivity index (χ0n) is 25.6. The molecule has 2 aromatic carbocycles. The van der Waals surface area contributed by atoms with Gasteiger partial charge in [0.15, 0.2) is 11.6 Å². The number of carbonyl (C=O) groups is 2. The number of fused-ring (bicyclic) bond motifs is 1. The van der Waals surface area contributed by atoms with Crippen molar-refractivity contribution in [1.82, 2.24) is 29.0 Å². The van der Waals surface area contributed by atoms with Crippen molar-refractivity contribution in [3.05, 3.63) is 114 Å². The average Bonchev–Trinajstić information content (AvgIpc) is 3.68. The van der Waals surface area contributed by atoms with E-state index in [1.54, 1.807) is 36.7 Å². The molecule has 12 nitrogen and oxygen atoms in total. The van der Waals surface area contributed by atoms with Crippen molar-refractivity contribution in [3.8, 4) is 11.5 Å². The lowest BCUT2D eigenvalue weighted by molar-refractivity contribution is 0.0663. The number of para-hydroxylation sites is 1. The van der Waals surface area contributed by atoms with Gasteiger partial charge in [0, 0.05) is 55.2 Å². The van der Waals surface area contributed by atoms with Gasteiger partial charge < -0.3 is 10.1 Å². The van der Waals surface area contributed by atoms with E-state index in [9.17, 15) is 18.0 Å². The summed E-state index contributed by atoms with van der Waals surface area (Å²) in [6.45, 7) is 0.491. The van der Waals surface area contributed by atoms with Crippen LogP contribution in [0.3, 0.4) is 0 Å². The van der Waals surface area contributed by atoms with Crippen LogP contribution in [0, 0.1) is 0 Å². The van der Waals surface area contributed by atoms with E-state index in [1.165, 1.54) is 28.0 Å². The predicted octanol–water partition coefficient (Wildman–Crippen LogP) is 5.19. The maximum atomic E-state index is 13.2. The maximum absolute atomic E-state index is 13.2. The molecule has 0 spiro atoms. The maximum Gasteiger partial charge on any atom is 0.261 e. The lowest BCUT2D eigenvalue weighted by Crippen LogP contribution is -2.48. The molecule has 0 saturated carbocycles. The predicted molar refractivity (Wildman–Crippen MR) is 184 cm³/mol. The number of amides is 2. The molecule has 5 heterocycles. The summed E-state index contributed by atoms with van der Waals surface area (Å²) in [6.07, 6.45) is 6.68. The Morgan fingerprint density at radius 2 is 1.65 bits per heavy atom. The molecule has 2 aromatic heterocycles. The highest BCUT2D eigenvalue weighted by Gasteiger charge is 2.37. The van der Waals surface area contributed by atoms with Crippen molar-refractivity contribution in [2.24, 2.45) is 0 Å². The van der Waals surface area contributed by atoms with E-state index < -0.39 is 21.8 Å². The van der Waals surface area contributed by atoms with Crippen molar-refractivity contribution in [2.45, 2.75) is 28.8 Å². The molecule has 0 radical (unpaired) electrons. The standard InChI is InChI=1S/C33H31N7O5S3/c41-32-26-10-4-5-11-27(26)33(42)39(32)18-19-48(43,44)38-16-13-23(14-17-38)40-22-30(47-37-40)36-31-28(45-24-8-2-1-3-9-24)20-25(21-35-31)46-29-12-6-7-15-34-29/h1-12,15,20-23,37H,13-14,16-19H2,(H,35,36). The molecule has 15 heteroatoms. The van der Waals surface area contributed by atoms with E-state index in [0.717, 1.165) is 19.9 Å². The second kappa shape index (κ2) is 14.0. The number of piperidine rings is 1. The Labute approximate surface area is 286 Å².